The van der Waals surface area contributed by atoms with Crippen LogP contribution in [0.1, 0.15) is 23.2 Å². The molecule has 1 saturated heterocycles. The molecule has 0 aliphatic carbocycles. The number of rotatable bonds is 5. The van der Waals surface area contributed by atoms with E-state index in [0.29, 0.717) is 43.0 Å². The largest absolute Gasteiger partial charge is 0.496 e. The third kappa shape index (κ3) is 4.59. The van der Waals surface area contributed by atoms with E-state index in [1.54, 1.807) is 23.1 Å². The van der Waals surface area contributed by atoms with Crippen molar-refractivity contribution in [3.8, 4) is 11.5 Å². The van der Waals surface area contributed by atoms with E-state index in [0.717, 1.165) is 0 Å². The predicted octanol–water partition coefficient (Wildman–Crippen LogP) is 2.23. The predicted molar refractivity (Wildman–Crippen MR) is 87.2 cm³/mol. The fourth-order valence-corrected chi connectivity index (χ4v) is 2.90. The van der Waals surface area contributed by atoms with Gasteiger partial charge in [0.1, 0.15) is 17.1 Å². The van der Waals surface area contributed by atoms with Crippen LogP contribution < -0.4 is 14.8 Å². The molecule has 1 aromatic carbocycles. The van der Waals surface area contributed by atoms with Crippen LogP contribution in [0.5, 0.6) is 11.5 Å². The van der Waals surface area contributed by atoms with Crippen LogP contribution in [0, 0.1) is 5.92 Å². The van der Waals surface area contributed by atoms with Crippen molar-refractivity contribution in [1.82, 2.24) is 10.2 Å². The van der Waals surface area contributed by atoms with E-state index in [4.69, 9.17) is 9.47 Å². The van der Waals surface area contributed by atoms with Crippen LogP contribution in [-0.4, -0.2) is 56.7 Å². The van der Waals surface area contributed by atoms with Gasteiger partial charge in [-0.1, -0.05) is 6.07 Å². The summed E-state index contributed by atoms with van der Waals surface area (Å²) in [6.07, 6.45) is -3.88. The van der Waals surface area contributed by atoms with Crippen molar-refractivity contribution in [3.63, 3.8) is 0 Å². The number of ether oxygens (including phenoxy) is 2. The van der Waals surface area contributed by atoms with Gasteiger partial charge in [-0.05, 0) is 30.9 Å². The van der Waals surface area contributed by atoms with Gasteiger partial charge >= 0.3 is 12.1 Å². The number of carbonyl (C=O) groups is 2. The molecule has 1 N–H and O–H groups in total. The number of halogens is 3. The van der Waals surface area contributed by atoms with Crippen LogP contribution in [0.2, 0.25) is 0 Å². The molecule has 1 heterocycles. The summed E-state index contributed by atoms with van der Waals surface area (Å²) in [6, 6.07) is 5.04. The zero-order valence-electron chi connectivity index (χ0n) is 14.6. The Morgan fingerprint density at radius 2 is 1.69 bits per heavy atom. The smallest absolute Gasteiger partial charge is 0.471 e. The van der Waals surface area contributed by atoms with Crippen molar-refractivity contribution < 1.29 is 32.2 Å². The second-order valence-corrected chi connectivity index (χ2v) is 5.98. The Labute approximate surface area is 149 Å². The minimum atomic E-state index is -4.88. The molecule has 2 rings (SSSR count). The van der Waals surface area contributed by atoms with E-state index >= 15 is 0 Å². The summed E-state index contributed by atoms with van der Waals surface area (Å²) in [7, 11) is 2.92. The minimum Gasteiger partial charge on any atom is -0.496 e. The Balaban J connectivity index is 1.96. The van der Waals surface area contributed by atoms with Gasteiger partial charge in [0.2, 0.25) is 0 Å². The fraction of sp³-hybridized carbons (Fsp3) is 0.529. The lowest BCUT2D eigenvalue weighted by atomic mass is 9.96. The monoisotopic (exact) mass is 374 g/mol. The number of carbonyl (C=O) groups excluding carboxylic acids is 2. The first kappa shape index (κ1) is 19.9. The molecular formula is C17H21F3N2O4. The molecule has 2 amide bonds. The summed E-state index contributed by atoms with van der Waals surface area (Å²) >= 11 is 0. The van der Waals surface area contributed by atoms with Crippen LogP contribution in [0.4, 0.5) is 13.2 Å². The number of alkyl halides is 3. The summed E-state index contributed by atoms with van der Waals surface area (Å²) in [4.78, 5) is 25.3. The topological polar surface area (TPSA) is 67.9 Å². The summed E-state index contributed by atoms with van der Waals surface area (Å²) in [6.45, 7) is 0.706. The number of nitrogens with one attached hydrogen (secondary N) is 1. The molecule has 0 saturated carbocycles. The molecule has 1 fully saturated rings. The van der Waals surface area contributed by atoms with Crippen LogP contribution in [0.3, 0.4) is 0 Å². The second kappa shape index (κ2) is 8.29. The van der Waals surface area contributed by atoms with Crippen LogP contribution >= 0.6 is 0 Å². The van der Waals surface area contributed by atoms with Gasteiger partial charge in [0.05, 0.1) is 14.2 Å². The highest BCUT2D eigenvalue weighted by Crippen LogP contribution is 2.31. The quantitative estimate of drug-likeness (QED) is 0.858. The van der Waals surface area contributed by atoms with Gasteiger partial charge in [-0.15, -0.1) is 0 Å². The van der Waals surface area contributed by atoms with E-state index < -0.39 is 12.1 Å². The van der Waals surface area contributed by atoms with Crippen molar-refractivity contribution in [2.75, 3.05) is 33.9 Å². The standard InChI is InChI=1S/C17H21F3N2O4/c1-25-12-4-3-5-13(26-2)14(12)15(23)22-8-6-11(7-9-22)10-21-16(24)17(18,19)20/h3-5,11H,6-10H2,1-2H3,(H,21,24). The molecule has 144 valence electrons. The highest BCUT2D eigenvalue weighted by atomic mass is 19.4. The van der Waals surface area contributed by atoms with Crippen molar-refractivity contribution in [1.29, 1.82) is 0 Å². The van der Waals surface area contributed by atoms with Crippen LogP contribution in [0.15, 0.2) is 18.2 Å². The molecule has 0 spiro atoms. The molecule has 0 bridgehead atoms. The molecule has 9 heteroatoms. The zero-order chi connectivity index (χ0) is 19.3. The lowest BCUT2D eigenvalue weighted by molar-refractivity contribution is -0.173. The highest BCUT2D eigenvalue weighted by molar-refractivity contribution is 5.99. The number of nitrogens with zero attached hydrogens (tertiary/aromatic N) is 1. The van der Waals surface area contributed by atoms with E-state index in [-0.39, 0.29) is 18.4 Å². The molecule has 0 atom stereocenters. The van der Waals surface area contributed by atoms with Gasteiger partial charge in [-0.3, -0.25) is 9.59 Å². The molecular weight excluding hydrogens is 353 g/mol. The molecule has 1 aliphatic rings. The molecule has 1 aliphatic heterocycles. The lowest BCUT2D eigenvalue weighted by Crippen LogP contribution is -2.44. The maximum atomic E-state index is 12.8. The summed E-state index contributed by atoms with van der Waals surface area (Å²) in [5.74, 6) is -1.50. The average molecular weight is 374 g/mol. The van der Waals surface area contributed by atoms with Gasteiger partial charge in [-0.2, -0.15) is 13.2 Å². The second-order valence-electron chi connectivity index (χ2n) is 5.98. The number of hydrogen-bond donors (Lipinski definition) is 1. The maximum Gasteiger partial charge on any atom is 0.471 e. The Kier molecular flexibility index (Phi) is 6.33. The van der Waals surface area contributed by atoms with Crippen molar-refractivity contribution in [2.45, 2.75) is 19.0 Å². The molecule has 1 aromatic rings. The SMILES string of the molecule is COc1cccc(OC)c1C(=O)N1CCC(CNC(=O)C(F)(F)F)CC1. The van der Waals surface area contributed by atoms with Gasteiger partial charge in [0.15, 0.2) is 0 Å². The number of benzene rings is 1. The first-order valence-corrected chi connectivity index (χ1v) is 8.13. The van der Waals surface area contributed by atoms with Gasteiger partial charge in [0.25, 0.3) is 5.91 Å². The van der Waals surface area contributed by atoms with E-state index in [1.807, 2.05) is 5.32 Å². The van der Waals surface area contributed by atoms with Crippen LogP contribution in [-0.2, 0) is 4.79 Å². The molecule has 26 heavy (non-hydrogen) atoms. The molecule has 0 radical (unpaired) electrons. The third-order valence-corrected chi connectivity index (χ3v) is 4.35. The number of hydrogen-bond acceptors (Lipinski definition) is 4. The molecule has 0 aromatic heterocycles. The number of amides is 2. The first-order chi connectivity index (χ1) is 12.3. The van der Waals surface area contributed by atoms with E-state index in [2.05, 4.69) is 0 Å². The van der Waals surface area contributed by atoms with Gasteiger partial charge in [-0.25, -0.2) is 0 Å². The Bertz CT molecular complexity index is 634. The first-order valence-electron chi connectivity index (χ1n) is 8.13. The van der Waals surface area contributed by atoms with Gasteiger partial charge < -0.3 is 19.7 Å². The lowest BCUT2D eigenvalue weighted by Gasteiger charge is -2.32. The van der Waals surface area contributed by atoms with Gasteiger partial charge in [0, 0.05) is 19.6 Å². The maximum absolute atomic E-state index is 12.8. The Hall–Kier alpha value is -2.45. The van der Waals surface area contributed by atoms with E-state index in [9.17, 15) is 22.8 Å². The zero-order valence-corrected chi connectivity index (χ0v) is 14.6. The van der Waals surface area contributed by atoms with Crippen molar-refractivity contribution in [2.24, 2.45) is 5.92 Å². The Morgan fingerprint density at radius 3 is 2.15 bits per heavy atom. The van der Waals surface area contributed by atoms with Crippen molar-refractivity contribution >= 4 is 11.8 Å². The molecule has 0 unspecified atom stereocenters. The number of likely N-dealkylation sites (tertiary alicyclic amines) is 1. The Morgan fingerprint density at radius 1 is 1.15 bits per heavy atom. The molecule has 6 nitrogen and oxygen atoms in total. The number of methoxy groups -OCH3 is 2. The van der Waals surface area contributed by atoms with Crippen LogP contribution in [0.25, 0.3) is 0 Å². The summed E-state index contributed by atoms with van der Waals surface area (Å²) < 4.78 is 47.1. The fourth-order valence-electron chi connectivity index (χ4n) is 2.90. The number of piperidine rings is 1. The normalized spacial score (nSPS) is 15.5. The summed E-state index contributed by atoms with van der Waals surface area (Å²) in [5.41, 5.74) is 0.321. The summed E-state index contributed by atoms with van der Waals surface area (Å²) in [5, 5.41) is 1.90. The minimum absolute atomic E-state index is 0.0572. The third-order valence-electron chi connectivity index (χ3n) is 4.35. The average Bonchev–Trinajstić information content (AvgIpc) is 2.64. The van der Waals surface area contributed by atoms with Crippen molar-refractivity contribution in [3.05, 3.63) is 23.8 Å². The highest BCUT2D eigenvalue weighted by Gasteiger charge is 2.39. The van der Waals surface area contributed by atoms with E-state index in [1.165, 1.54) is 14.2 Å².